The number of sulfonamides is 1. The number of pyridine rings is 2. The van der Waals surface area contributed by atoms with Gasteiger partial charge in [-0.15, -0.1) is 0 Å². The molecule has 3 aromatic heterocycles. The summed E-state index contributed by atoms with van der Waals surface area (Å²) in [6.45, 7) is 3.57. The lowest BCUT2D eigenvalue weighted by Crippen LogP contribution is -2.57. The van der Waals surface area contributed by atoms with Crippen LogP contribution in [-0.4, -0.2) is 56.5 Å². The minimum Gasteiger partial charge on any atom is -0.507 e. The van der Waals surface area contributed by atoms with Gasteiger partial charge in [0.05, 0.1) is 28.4 Å². The molecule has 20 heteroatoms. The van der Waals surface area contributed by atoms with Crippen molar-refractivity contribution in [1.82, 2.24) is 23.8 Å². The van der Waals surface area contributed by atoms with E-state index in [-0.39, 0.29) is 26.9 Å². The topological polar surface area (TPSA) is 130 Å². The number of aromatic nitrogens is 4. The lowest BCUT2D eigenvalue weighted by molar-refractivity contribution is -0.143. The number of aromatic hydroxyl groups is 1. The summed E-state index contributed by atoms with van der Waals surface area (Å²) in [5.41, 5.74) is -4.54. The smallest absolute Gasteiger partial charge is 0.420 e. The first-order valence-electron chi connectivity index (χ1n) is 15.0. The highest BCUT2D eigenvalue weighted by molar-refractivity contribution is 7.89. The normalized spacial score (nSPS) is 14.3. The van der Waals surface area contributed by atoms with Gasteiger partial charge in [0.25, 0.3) is 0 Å². The van der Waals surface area contributed by atoms with Gasteiger partial charge in [-0.25, -0.2) is 49.1 Å². The molecule has 2 aromatic carbocycles. The second-order valence-corrected chi connectivity index (χ2v) is 13.9. The lowest BCUT2D eigenvalue weighted by Gasteiger charge is -2.39. The molecule has 4 heterocycles. The highest BCUT2D eigenvalue weighted by Crippen LogP contribution is 2.42. The van der Waals surface area contributed by atoms with E-state index in [9.17, 15) is 53.4 Å². The summed E-state index contributed by atoms with van der Waals surface area (Å²) >= 11 is 0. The number of phenols is 1. The molecular weight excluding hydrogens is 735 g/mol. The molecule has 0 aliphatic carbocycles. The van der Waals surface area contributed by atoms with Crippen LogP contribution in [0.1, 0.15) is 36.6 Å². The molecule has 1 saturated heterocycles. The molecule has 0 atom stereocenters. The Balaban J connectivity index is 1.47. The number of hydrogen-bond donors (Lipinski definition) is 2. The molecule has 0 bridgehead atoms. The number of benzene rings is 2. The minimum atomic E-state index is -5.96. The van der Waals surface area contributed by atoms with Gasteiger partial charge >= 0.3 is 11.9 Å². The fourth-order valence-electron chi connectivity index (χ4n) is 5.79. The summed E-state index contributed by atoms with van der Waals surface area (Å²) in [4.78, 5) is 23.9. The van der Waals surface area contributed by atoms with Crippen molar-refractivity contribution in [1.29, 1.82) is 0 Å². The van der Waals surface area contributed by atoms with Crippen LogP contribution < -0.4 is 11.0 Å². The zero-order valence-electron chi connectivity index (χ0n) is 26.8. The van der Waals surface area contributed by atoms with Crippen molar-refractivity contribution in [2.75, 3.05) is 18.4 Å². The standard InChI is InChI=1S/C32H23F9N6O4S/c1-12(2)25-27(13(3)7-8-42-25)47-30-15(9-17(34)26(44-30)19-16(33)5-4-6-18(19)48)29(45-31(47)49)43-14-10-46(11-14)52(50,51)28-20(32(39,40)41)21(35)22(36)23(37)24(28)38/h4-9,12,14,48H,10-11H2,1-3H3,(H,43,45,49). The van der Waals surface area contributed by atoms with Gasteiger partial charge in [0, 0.05) is 19.3 Å². The van der Waals surface area contributed by atoms with Crippen LogP contribution in [-0.2, 0) is 16.2 Å². The van der Waals surface area contributed by atoms with Gasteiger partial charge in [0.15, 0.2) is 34.7 Å². The Morgan fingerprint density at radius 3 is 2.21 bits per heavy atom. The van der Waals surface area contributed by atoms with Crippen LogP contribution in [0.25, 0.3) is 28.0 Å². The third-order valence-corrected chi connectivity index (χ3v) is 10.1. The first-order chi connectivity index (χ1) is 24.2. The molecule has 1 aliphatic rings. The summed E-state index contributed by atoms with van der Waals surface area (Å²) in [6, 6.07) is 4.40. The van der Waals surface area contributed by atoms with Crippen molar-refractivity contribution in [3.05, 3.63) is 98.7 Å². The second kappa shape index (κ2) is 12.8. The quantitative estimate of drug-likeness (QED) is 0.112. The SMILES string of the molecule is Cc1ccnc(C(C)C)c1-n1c(=O)nc(NC2CN(S(=O)(=O)c3c(F)c(F)c(F)c(F)c3C(F)(F)F)C2)c2cc(F)c(-c3c(O)cccc3F)nc21. The van der Waals surface area contributed by atoms with Crippen molar-refractivity contribution in [2.45, 2.75) is 43.8 Å². The van der Waals surface area contributed by atoms with E-state index >= 15 is 4.39 Å². The van der Waals surface area contributed by atoms with Gasteiger partial charge in [0.2, 0.25) is 10.0 Å². The Morgan fingerprint density at radius 1 is 0.942 bits per heavy atom. The largest absolute Gasteiger partial charge is 0.507 e. The number of aryl methyl sites for hydroxylation is 1. The zero-order chi connectivity index (χ0) is 38.2. The van der Waals surface area contributed by atoms with Gasteiger partial charge in [-0.05, 0) is 42.7 Å². The van der Waals surface area contributed by atoms with Gasteiger partial charge in [0.1, 0.15) is 33.5 Å². The summed E-state index contributed by atoms with van der Waals surface area (Å²) in [5.74, 6) is -15.1. The molecule has 0 spiro atoms. The molecule has 0 radical (unpaired) electrons. The predicted molar refractivity (Wildman–Crippen MR) is 166 cm³/mol. The Bertz CT molecular complexity index is 2450. The Labute approximate surface area is 287 Å². The average Bonchev–Trinajstić information content (AvgIpc) is 3.03. The molecule has 1 fully saturated rings. The van der Waals surface area contributed by atoms with E-state index in [4.69, 9.17) is 0 Å². The summed E-state index contributed by atoms with van der Waals surface area (Å²) in [7, 11) is -5.67. The van der Waals surface area contributed by atoms with Crippen molar-refractivity contribution in [3.8, 4) is 22.7 Å². The third-order valence-electron chi connectivity index (χ3n) is 8.27. The molecule has 0 unspecified atom stereocenters. The average molecular weight is 759 g/mol. The number of halogens is 9. The molecule has 6 rings (SSSR count). The monoisotopic (exact) mass is 758 g/mol. The molecule has 0 saturated carbocycles. The van der Waals surface area contributed by atoms with Crippen LogP contribution in [0.3, 0.4) is 0 Å². The van der Waals surface area contributed by atoms with Crippen LogP contribution in [0.2, 0.25) is 0 Å². The molecule has 2 N–H and O–H groups in total. The maximum Gasteiger partial charge on any atom is 0.420 e. The molecule has 0 amide bonds. The van der Waals surface area contributed by atoms with Crippen molar-refractivity contribution >= 4 is 26.9 Å². The van der Waals surface area contributed by atoms with E-state index in [2.05, 4.69) is 20.3 Å². The summed E-state index contributed by atoms with van der Waals surface area (Å²) in [5, 5.41) is 12.8. The van der Waals surface area contributed by atoms with Crippen LogP contribution in [0.15, 0.2) is 46.2 Å². The molecule has 5 aromatic rings. The number of anilines is 1. The van der Waals surface area contributed by atoms with E-state index in [1.165, 1.54) is 6.20 Å². The van der Waals surface area contributed by atoms with E-state index in [0.717, 1.165) is 28.8 Å². The number of hydrogen-bond acceptors (Lipinski definition) is 8. The molecule has 10 nitrogen and oxygen atoms in total. The van der Waals surface area contributed by atoms with E-state index in [1.54, 1.807) is 26.8 Å². The second-order valence-electron chi connectivity index (χ2n) is 12.0. The van der Waals surface area contributed by atoms with Gasteiger partial charge in [-0.1, -0.05) is 19.9 Å². The zero-order valence-corrected chi connectivity index (χ0v) is 27.6. The lowest BCUT2D eigenvalue weighted by atomic mass is 10.0. The first kappa shape index (κ1) is 36.5. The first-order valence-corrected chi connectivity index (χ1v) is 16.5. The Hall–Kier alpha value is -5.24. The van der Waals surface area contributed by atoms with E-state index in [1.807, 2.05) is 0 Å². The van der Waals surface area contributed by atoms with Gasteiger partial charge in [-0.3, -0.25) is 4.98 Å². The summed E-state index contributed by atoms with van der Waals surface area (Å²) < 4.78 is 155. The molecule has 52 heavy (non-hydrogen) atoms. The Kier molecular flexibility index (Phi) is 8.97. The van der Waals surface area contributed by atoms with Gasteiger partial charge in [-0.2, -0.15) is 22.5 Å². The third kappa shape index (κ3) is 5.88. The predicted octanol–water partition coefficient (Wildman–Crippen LogP) is 6.32. The summed E-state index contributed by atoms with van der Waals surface area (Å²) in [6.07, 6.45) is -4.48. The van der Waals surface area contributed by atoms with E-state index in [0.29, 0.717) is 11.3 Å². The Morgan fingerprint density at radius 2 is 1.60 bits per heavy atom. The van der Waals surface area contributed by atoms with Crippen LogP contribution in [0.4, 0.5) is 45.3 Å². The van der Waals surface area contributed by atoms with Crippen molar-refractivity contribution < 1.29 is 53.0 Å². The van der Waals surface area contributed by atoms with Gasteiger partial charge < -0.3 is 10.4 Å². The number of rotatable bonds is 7. The fourth-order valence-corrected chi connectivity index (χ4v) is 7.58. The number of alkyl halides is 3. The maximum atomic E-state index is 15.8. The minimum absolute atomic E-state index is 0.191. The maximum absolute atomic E-state index is 15.8. The highest BCUT2D eigenvalue weighted by Gasteiger charge is 2.49. The molecular formula is C32H23F9N6O4S. The van der Waals surface area contributed by atoms with Crippen molar-refractivity contribution in [3.63, 3.8) is 0 Å². The van der Waals surface area contributed by atoms with Crippen molar-refractivity contribution in [2.24, 2.45) is 0 Å². The van der Waals surface area contributed by atoms with Crippen LogP contribution in [0, 0.1) is 41.8 Å². The van der Waals surface area contributed by atoms with Crippen LogP contribution in [0.5, 0.6) is 5.75 Å². The highest BCUT2D eigenvalue weighted by atomic mass is 32.2. The molecule has 1 aliphatic heterocycles. The number of fused-ring (bicyclic) bond motifs is 1. The molecule has 274 valence electrons. The van der Waals surface area contributed by atoms with Crippen LogP contribution >= 0.6 is 0 Å². The van der Waals surface area contributed by atoms with E-state index < -0.39 is 109 Å². The number of nitrogens with one attached hydrogen (secondary N) is 1. The number of phenolic OH excluding ortho intramolecular Hbond substituents is 1. The fraction of sp³-hybridized carbons (Fsp3) is 0.250. The number of nitrogens with zero attached hydrogens (tertiary/aromatic N) is 5.